The number of pyridine rings is 1. The largest absolute Gasteiger partial charge is 0.349 e. The average Bonchev–Trinajstić information content (AvgIpc) is 2.77. The van der Waals surface area contributed by atoms with E-state index in [1.54, 1.807) is 23.6 Å². The molecule has 2 aromatic heterocycles. The van der Waals surface area contributed by atoms with Crippen LogP contribution in [0.25, 0.3) is 0 Å². The molecule has 106 valence electrons. The summed E-state index contributed by atoms with van der Waals surface area (Å²) in [6.07, 6.45) is 2.38. The molecule has 0 bridgehead atoms. The first-order chi connectivity index (χ1) is 9.45. The van der Waals surface area contributed by atoms with Gasteiger partial charge in [-0.25, -0.2) is 4.98 Å². The van der Waals surface area contributed by atoms with Gasteiger partial charge in [0.1, 0.15) is 5.15 Å². The van der Waals surface area contributed by atoms with Crippen molar-refractivity contribution in [3.05, 3.63) is 49.3 Å². The first-order valence-electron chi connectivity index (χ1n) is 6.13. The molecule has 2 heterocycles. The molecule has 2 aromatic rings. The number of rotatable bonds is 4. The topological polar surface area (TPSA) is 42.0 Å². The number of carbonyl (C=O) groups excluding carboxylic acids is 1. The maximum Gasteiger partial charge on any atom is 0.254 e. The van der Waals surface area contributed by atoms with Gasteiger partial charge in [0, 0.05) is 32.9 Å². The Hall–Kier alpha value is -0.910. The smallest absolute Gasteiger partial charge is 0.254 e. The fourth-order valence-corrected chi connectivity index (χ4v) is 3.37. The van der Waals surface area contributed by atoms with Crippen LogP contribution in [0.2, 0.25) is 5.15 Å². The summed E-state index contributed by atoms with van der Waals surface area (Å²) in [7, 11) is 0. The Kier molecular flexibility index (Phi) is 5.18. The van der Waals surface area contributed by atoms with Crippen LogP contribution in [0.3, 0.4) is 0 Å². The lowest BCUT2D eigenvalue weighted by Crippen LogP contribution is -2.34. The van der Waals surface area contributed by atoms with Gasteiger partial charge in [0.2, 0.25) is 0 Å². The van der Waals surface area contributed by atoms with Crippen molar-refractivity contribution in [2.45, 2.75) is 26.3 Å². The van der Waals surface area contributed by atoms with Gasteiger partial charge in [-0.05, 0) is 48.0 Å². The van der Waals surface area contributed by atoms with Gasteiger partial charge in [0.15, 0.2) is 0 Å². The van der Waals surface area contributed by atoms with Crippen molar-refractivity contribution < 1.29 is 4.79 Å². The quantitative estimate of drug-likeness (QED) is 0.815. The van der Waals surface area contributed by atoms with Crippen LogP contribution in [0.15, 0.2) is 28.9 Å². The van der Waals surface area contributed by atoms with Crippen molar-refractivity contribution in [2.75, 3.05) is 0 Å². The first-order valence-corrected chi connectivity index (χ1v) is 8.11. The van der Waals surface area contributed by atoms with Crippen LogP contribution >= 0.6 is 38.9 Å². The molecule has 6 heteroatoms. The van der Waals surface area contributed by atoms with Gasteiger partial charge in [-0.2, -0.15) is 0 Å². The lowest BCUT2D eigenvalue weighted by atomic mass is 10.2. The van der Waals surface area contributed by atoms with Crippen molar-refractivity contribution in [2.24, 2.45) is 0 Å². The maximum atomic E-state index is 12.2. The summed E-state index contributed by atoms with van der Waals surface area (Å²) in [6.45, 7) is 4.05. The second-order valence-electron chi connectivity index (χ2n) is 4.58. The van der Waals surface area contributed by atoms with Gasteiger partial charge < -0.3 is 5.32 Å². The monoisotopic (exact) mass is 372 g/mol. The molecule has 0 fully saturated rings. The van der Waals surface area contributed by atoms with E-state index < -0.39 is 0 Å². The van der Waals surface area contributed by atoms with Crippen molar-refractivity contribution >= 4 is 44.8 Å². The van der Waals surface area contributed by atoms with Crippen LogP contribution in [0.5, 0.6) is 0 Å². The summed E-state index contributed by atoms with van der Waals surface area (Å²) in [6, 6.07) is 5.89. The molecule has 0 aromatic carbocycles. The van der Waals surface area contributed by atoms with Crippen LogP contribution in [-0.4, -0.2) is 16.9 Å². The van der Waals surface area contributed by atoms with Crippen LogP contribution in [-0.2, 0) is 6.42 Å². The Balaban J connectivity index is 2.02. The van der Waals surface area contributed by atoms with E-state index in [1.165, 1.54) is 9.75 Å². The molecular formula is C14H14BrClN2OS. The van der Waals surface area contributed by atoms with Crippen LogP contribution in [0.4, 0.5) is 0 Å². The number of thiophene rings is 1. The minimum absolute atomic E-state index is 0.0376. The fraction of sp³-hybridized carbons (Fsp3) is 0.286. The second kappa shape index (κ2) is 6.70. The van der Waals surface area contributed by atoms with Gasteiger partial charge in [-0.1, -0.05) is 11.6 Å². The summed E-state index contributed by atoms with van der Waals surface area (Å²) in [5.41, 5.74) is 0.384. The molecule has 0 saturated carbocycles. The number of hydrogen-bond acceptors (Lipinski definition) is 3. The maximum absolute atomic E-state index is 12.2. The number of aromatic nitrogens is 1. The van der Waals surface area contributed by atoms with E-state index in [0.29, 0.717) is 5.56 Å². The molecule has 20 heavy (non-hydrogen) atoms. The van der Waals surface area contributed by atoms with E-state index >= 15 is 0 Å². The summed E-state index contributed by atoms with van der Waals surface area (Å²) >= 11 is 11.0. The van der Waals surface area contributed by atoms with Gasteiger partial charge >= 0.3 is 0 Å². The second-order valence-corrected chi connectivity index (χ2v) is 7.23. The number of carbonyl (C=O) groups is 1. The number of nitrogens with one attached hydrogen (secondary N) is 1. The number of amides is 1. The van der Waals surface area contributed by atoms with Crippen LogP contribution in [0.1, 0.15) is 27.0 Å². The molecule has 0 aliphatic rings. The number of aryl methyl sites for hydroxylation is 1. The molecule has 1 unspecified atom stereocenters. The minimum atomic E-state index is -0.204. The van der Waals surface area contributed by atoms with Crippen LogP contribution in [0, 0.1) is 6.92 Å². The van der Waals surface area contributed by atoms with E-state index in [9.17, 15) is 4.79 Å². The molecule has 0 spiro atoms. The summed E-state index contributed by atoms with van der Waals surface area (Å²) in [4.78, 5) is 18.7. The van der Waals surface area contributed by atoms with Crippen molar-refractivity contribution in [1.29, 1.82) is 0 Å². The van der Waals surface area contributed by atoms with Gasteiger partial charge in [0.25, 0.3) is 5.91 Å². The van der Waals surface area contributed by atoms with Crippen molar-refractivity contribution in [3.8, 4) is 0 Å². The Morgan fingerprint density at radius 3 is 2.95 bits per heavy atom. The Labute approximate surface area is 135 Å². The normalized spacial score (nSPS) is 12.2. The highest BCUT2D eigenvalue weighted by Gasteiger charge is 2.15. The molecule has 0 saturated heterocycles. The molecule has 3 nitrogen and oxygen atoms in total. The zero-order chi connectivity index (χ0) is 14.7. The lowest BCUT2D eigenvalue weighted by Gasteiger charge is -2.13. The standard InChI is InChI=1S/C14H14BrClN2OS/c1-8(5-11-4-3-9(2)20-11)18-14(19)12-6-10(15)7-17-13(12)16/h3-4,6-8H,5H2,1-2H3,(H,18,19). The molecule has 1 atom stereocenters. The summed E-state index contributed by atoms with van der Waals surface area (Å²) < 4.78 is 0.730. The fourth-order valence-electron chi connectivity index (χ4n) is 1.83. The van der Waals surface area contributed by atoms with E-state index in [1.807, 2.05) is 6.92 Å². The highest BCUT2D eigenvalue weighted by atomic mass is 79.9. The third-order valence-corrected chi connectivity index (χ3v) is 4.49. The lowest BCUT2D eigenvalue weighted by molar-refractivity contribution is 0.0940. The Bertz CT molecular complexity index is 629. The predicted molar refractivity (Wildman–Crippen MR) is 86.6 cm³/mol. The molecular weight excluding hydrogens is 360 g/mol. The Morgan fingerprint density at radius 1 is 1.55 bits per heavy atom. The minimum Gasteiger partial charge on any atom is -0.349 e. The third kappa shape index (κ3) is 4.04. The zero-order valence-corrected chi connectivity index (χ0v) is 14.3. The van der Waals surface area contributed by atoms with Gasteiger partial charge in [0.05, 0.1) is 5.56 Å². The number of hydrogen-bond donors (Lipinski definition) is 1. The van der Waals surface area contributed by atoms with Crippen molar-refractivity contribution in [3.63, 3.8) is 0 Å². The molecule has 1 amide bonds. The van der Waals surface area contributed by atoms with Gasteiger partial charge in [-0.15, -0.1) is 11.3 Å². The number of halogens is 2. The summed E-state index contributed by atoms with van der Waals surface area (Å²) in [5.74, 6) is -0.204. The van der Waals surface area contributed by atoms with Crippen molar-refractivity contribution in [1.82, 2.24) is 10.3 Å². The highest BCUT2D eigenvalue weighted by Crippen LogP contribution is 2.19. The highest BCUT2D eigenvalue weighted by molar-refractivity contribution is 9.10. The SMILES string of the molecule is Cc1ccc(CC(C)NC(=O)c2cc(Br)cnc2Cl)s1. The number of nitrogens with zero attached hydrogens (tertiary/aromatic N) is 1. The van der Waals surface area contributed by atoms with E-state index in [4.69, 9.17) is 11.6 Å². The van der Waals surface area contributed by atoms with E-state index in [-0.39, 0.29) is 17.1 Å². The zero-order valence-electron chi connectivity index (χ0n) is 11.1. The van der Waals surface area contributed by atoms with E-state index in [0.717, 1.165) is 10.9 Å². The molecule has 0 aliphatic carbocycles. The molecule has 0 aliphatic heterocycles. The molecule has 2 rings (SSSR count). The van der Waals surface area contributed by atoms with E-state index in [2.05, 4.69) is 45.3 Å². The predicted octanol–water partition coefficient (Wildman–Crippen LogP) is 4.23. The molecule has 0 radical (unpaired) electrons. The Morgan fingerprint density at radius 2 is 2.30 bits per heavy atom. The summed E-state index contributed by atoms with van der Waals surface area (Å²) in [5, 5.41) is 3.16. The third-order valence-electron chi connectivity index (χ3n) is 2.73. The van der Waals surface area contributed by atoms with Crippen LogP contribution < -0.4 is 5.32 Å². The average molecular weight is 374 g/mol. The first kappa shape index (κ1) is 15.5. The van der Waals surface area contributed by atoms with Gasteiger partial charge in [-0.3, -0.25) is 4.79 Å². The molecule has 1 N–H and O–H groups in total.